The Kier molecular flexibility index (Phi) is 6.46. The van der Waals surface area contributed by atoms with Gasteiger partial charge in [0.2, 0.25) is 5.91 Å². The topological polar surface area (TPSA) is 66.8 Å². The van der Waals surface area contributed by atoms with Gasteiger partial charge in [0.15, 0.2) is 0 Å². The number of amides is 1. The van der Waals surface area contributed by atoms with Crippen molar-refractivity contribution in [1.29, 1.82) is 0 Å². The summed E-state index contributed by atoms with van der Waals surface area (Å²) >= 11 is 0. The lowest BCUT2D eigenvalue weighted by Crippen LogP contribution is -2.36. The van der Waals surface area contributed by atoms with Gasteiger partial charge in [-0.15, -0.1) is 6.58 Å². The molecular weight excluding hydrogens is 270 g/mol. The summed E-state index contributed by atoms with van der Waals surface area (Å²) in [6, 6.07) is 5.73. The molecule has 1 N–H and O–H groups in total. The first-order valence-corrected chi connectivity index (χ1v) is 6.74. The minimum atomic E-state index is -1.04. The maximum absolute atomic E-state index is 11.9. The molecule has 0 fully saturated rings. The minimum Gasteiger partial charge on any atom is -0.493 e. The molecule has 0 saturated carbocycles. The minimum absolute atomic E-state index is 0.133. The normalized spacial score (nSPS) is 10.0. The summed E-state index contributed by atoms with van der Waals surface area (Å²) in [5.74, 6) is -0.596. The van der Waals surface area contributed by atoms with E-state index in [1.54, 1.807) is 0 Å². The molecular formula is C16H21NO4. The molecule has 0 atom stereocenters. The predicted octanol–water partition coefficient (Wildman–Crippen LogP) is 2.17. The van der Waals surface area contributed by atoms with E-state index in [0.717, 1.165) is 5.56 Å². The van der Waals surface area contributed by atoms with E-state index in [-0.39, 0.29) is 32.0 Å². The second-order valence-electron chi connectivity index (χ2n) is 4.80. The monoisotopic (exact) mass is 291 g/mol. The number of carboxylic acids is 1. The Morgan fingerprint density at radius 1 is 1.33 bits per heavy atom. The Balaban J connectivity index is 2.48. The van der Waals surface area contributed by atoms with Crippen molar-refractivity contribution in [1.82, 2.24) is 4.90 Å². The highest BCUT2D eigenvalue weighted by Crippen LogP contribution is 2.16. The second kappa shape index (κ2) is 8.09. The summed E-state index contributed by atoms with van der Waals surface area (Å²) in [5, 5.41) is 8.76. The number of rotatable bonds is 8. The van der Waals surface area contributed by atoms with E-state index >= 15 is 0 Å². The number of carbonyl (C=O) groups excluding carboxylic acids is 1. The summed E-state index contributed by atoms with van der Waals surface area (Å²) in [4.78, 5) is 23.8. The van der Waals surface area contributed by atoms with E-state index in [1.807, 2.05) is 32.0 Å². The Labute approximate surface area is 124 Å². The molecule has 1 rings (SSSR count). The number of aryl methyl sites for hydroxylation is 2. The molecule has 0 aliphatic carbocycles. The van der Waals surface area contributed by atoms with Gasteiger partial charge in [-0.25, -0.2) is 0 Å². The largest absolute Gasteiger partial charge is 0.493 e. The zero-order valence-electron chi connectivity index (χ0n) is 12.5. The van der Waals surface area contributed by atoms with E-state index in [2.05, 4.69) is 6.58 Å². The van der Waals surface area contributed by atoms with E-state index in [4.69, 9.17) is 9.84 Å². The summed E-state index contributed by atoms with van der Waals surface area (Å²) in [7, 11) is 0. The van der Waals surface area contributed by atoms with Crippen LogP contribution in [0.4, 0.5) is 0 Å². The van der Waals surface area contributed by atoms with Gasteiger partial charge in [0.05, 0.1) is 13.0 Å². The number of carboxylic acid groups (broad SMARTS) is 1. The fourth-order valence-corrected chi connectivity index (χ4v) is 1.79. The molecule has 5 heteroatoms. The van der Waals surface area contributed by atoms with Crippen molar-refractivity contribution in [2.75, 3.05) is 19.7 Å². The van der Waals surface area contributed by atoms with Gasteiger partial charge in [-0.05, 0) is 37.1 Å². The predicted molar refractivity (Wildman–Crippen MR) is 80.4 cm³/mol. The van der Waals surface area contributed by atoms with Crippen LogP contribution in [0.25, 0.3) is 0 Å². The van der Waals surface area contributed by atoms with Gasteiger partial charge in [0.1, 0.15) is 12.3 Å². The number of hydrogen-bond acceptors (Lipinski definition) is 3. The van der Waals surface area contributed by atoms with Crippen molar-refractivity contribution in [2.45, 2.75) is 20.3 Å². The highest BCUT2D eigenvalue weighted by atomic mass is 16.5. The van der Waals surface area contributed by atoms with Crippen LogP contribution in [0.2, 0.25) is 0 Å². The average molecular weight is 291 g/mol. The molecule has 0 radical (unpaired) electrons. The quantitative estimate of drug-likeness (QED) is 0.745. The van der Waals surface area contributed by atoms with Gasteiger partial charge < -0.3 is 14.7 Å². The van der Waals surface area contributed by atoms with Crippen molar-refractivity contribution in [3.05, 3.63) is 42.0 Å². The Bertz CT molecular complexity index is 525. The Hall–Kier alpha value is -2.30. The van der Waals surface area contributed by atoms with Crippen molar-refractivity contribution in [3.63, 3.8) is 0 Å². The van der Waals surface area contributed by atoms with Crippen molar-refractivity contribution in [3.8, 4) is 5.75 Å². The summed E-state index contributed by atoms with van der Waals surface area (Å²) in [6.45, 7) is 7.63. The summed E-state index contributed by atoms with van der Waals surface area (Å²) in [5.41, 5.74) is 2.30. The number of aliphatic carboxylic acids is 1. The maximum Gasteiger partial charge on any atom is 0.323 e. The number of hydrogen-bond donors (Lipinski definition) is 1. The Morgan fingerprint density at radius 2 is 2.05 bits per heavy atom. The van der Waals surface area contributed by atoms with E-state index in [1.165, 1.54) is 16.5 Å². The lowest BCUT2D eigenvalue weighted by molar-refractivity contribution is -0.144. The van der Waals surface area contributed by atoms with Crippen LogP contribution in [-0.4, -0.2) is 41.6 Å². The molecule has 0 aromatic heterocycles. The third-order valence-electron chi connectivity index (χ3n) is 3.09. The van der Waals surface area contributed by atoms with Crippen LogP contribution >= 0.6 is 0 Å². The van der Waals surface area contributed by atoms with Gasteiger partial charge in [-0.3, -0.25) is 9.59 Å². The van der Waals surface area contributed by atoms with Crippen molar-refractivity contribution >= 4 is 11.9 Å². The van der Waals surface area contributed by atoms with Crippen LogP contribution in [0.3, 0.4) is 0 Å². The van der Waals surface area contributed by atoms with Crippen LogP contribution in [0.15, 0.2) is 30.9 Å². The molecule has 114 valence electrons. The van der Waals surface area contributed by atoms with Crippen LogP contribution in [0.5, 0.6) is 5.75 Å². The standard InChI is InChI=1S/C16H21NO4/c1-4-8-17(11-16(19)20)15(18)7-9-21-14-6-5-12(2)13(3)10-14/h4-6,10H,1,7-9,11H2,2-3H3,(H,19,20). The number of benzene rings is 1. The SMILES string of the molecule is C=CCN(CC(=O)O)C(=O)CCOc1ccc(C)c(C)c1. The van der Waals surface area contributed by atoms with Gasteiger partial charge in [-0.2, -0.15) is 0 Å². The molecule has 0 unspecified atom stereocenters. The van der Waals surface area contributed by atoms with Gasteiger partial charge >= 0.3 is 5.97 Å². The molecule has 1 aromatic rings. The maximum atomic E-state index is 11.9. The average Bonchev–Trinajstić information content (AvgIpc) is 2.41. The summed E-state index contributed by atoms with van der Waals surface area (Å²) < 4.78 is 5.53. The van der Waals surface area contributed by atoms with E-state index in [9.17, 15) is 9.59 Å². The highest BCUT2D eigenvalue weighted by molar-refractivity contribution is 5.81. The van der Waals surface area contributed by atoms with Crippen LogP contribution in [-0.2, 0) is 9.59 Å². The van der Waals surface area contributed by atoms with Crippen LogP contribution in [0.1, 0.15) is 17.5 Å². The van der Waals surface area contributed by atoms with Crippen LogP contribution < -0.4 is 4.74 Å². The first-order chi connectivity index (χ1) is 9.93. The van der Waals surface area contributed by atoms with Crippen LogP contribution in [0, 0.1) is 13.8 Å². The van der Waals surface area contributed by atoms with Crippen molar-refractivity contribution < 1.29 is 19.4 Å². The fraction of sp³-hybridized carbons (Fsp3) is 0.375. The smallest absolute Gasteiger partial charge is 0.323 e. The lowest BCUT2D eigenvalue weighted by atomic mass is 10.1. The molecule has 0 bridgehead atoms. The van der Waals surface area contributed by atoms with E-state index in [0.29, 0.717) is 5.75 Å². The molecule has 1 amide bonds. The number of nitrogens with zero attached hydrogens (tertiary/aromatic N) is 1. The van der Waals surface area contributed by atoms with Gasteiger partial charge in [0.25, 0.3) is 0 Å². The zero-order chi connectivity index (χ0) is 15.8. The molecule has 0 saturated heterocycles. The molecule has 1 aromatic carbocycles. The summed E-state index contributed by atoms with van der Waals surface area (Å²) in [6.07, 6.45) is 1.64. The highest BCUT2D eigenvalue weighted by Gasteiger charge is 2.15. The molecule has 0 spiro atoms. The third kappa shape index (κ3) is 5.69. The molecule has 0 aliphatic rings. The second-order valence-corrected chi connectivity index (χ2v) is 4.80. The Morgan fingerprint density at radius 3 is 2.62 bits per heavy atom. The molecule has 5 nitrogen and oxygen atoms in total. The molecule has 21 heavy (non-hydrogen) atoms. The molecule has 0 heterocycles. The van der Waals surface area contributed by atoms with E-state index < -0.39 is 5.97 Å². The number of carbonyl (C=O) groups is 2. The third-order valence-corrected chi connectivity index (χ3v) is 3.09. The molecule has 0 aliphatic heterocycles. The first-order valence-electron chi connectivity index (χ1n) is 6.74. The zero-order valence-corrected chi connectivity index (χ0v) is 12.5. The van der Waals surface area contributed by atoms with Gasteiger partial charge in [-0.1, -0.05) is 12.1 Å². The first kappa shape index (κ1) is 16.8. The number of ether oxygens (including phenoxy) is 1. The lowest BCUT2D eigenvalue weighted by Gasteiger charge is -2.19. The van der Waals surface area contributed by atoms with Gasteiger partial charge in [0, 0.05) is 6.54 Å². The van der Waals surface area contributed by atoms with Crippen molar-refractivity contribution in [2.24, 2.45) is 0 Å². The fourth-order valence-electron chi connectivity index (χ4n) is 1.79.